The van der Waals surface area contributed by atoms with Gasteiger partial charge in [-0.3, -0.25) is 4.99 Å². The van der Waals surface area contributed by atoms with Crippen LogP contribution in [0.4, 0.5) is 0 Å². The number of nitrogens with one attached hydrogen (secondary N) is 1. The maximum atomic E-state index is 4.08. The smallest absolute Gasteiger partial charge is 0.0538 e. The van der Waals surface area contributed by atoms with Gasteiger partial charge in [-0.15, -0.1) is 0 Å². The molecule has 0 unspecified atom stereocenters. The van der Waals surface area contributed by atoms with Crippen LogP contribution in [0.1, 0.15) is 13.8 Å². The van der Waals surface area contributed by atoms with E-state index in [-0.39, 0.29) is 0 Å². The summed E-state index contributed by atoms with van der Waals surface area (Å²) in [6.07, 6.45) is 5.51. The fraction of sp³-hybridized carbons (Fsp3) is 0.444. The third-order valence-corrected chi connectivity index (χ3v) is 1.17. The highest BCUT2D eigenvalue weighted by molar-refractivity contribution is 5.96. The lowest BCUT2D eigenvalue weighted by Crippen LogP contribution is -2.20. The second-order valence-electron chi connectivity index (χ2n) is 2.08. The predicted octanol–water partition coefficient (Wildman–Crippen LogP) is 1.76. The van der Waals surface area contributed by atoms with Gasteiger partial charge in [0.25, 0.3) is 0 Å². The van der Waals surface area contributed by atoms with E-state index in [9.17, 15) is 0 Å². The number of hydrogen-bond acceptors (Lipinski definition) is 2. The molecule has 0 bridgehead atoms. The molecule has 0 aromatic heterocycles. The quantitative estimate of drug-likeness (QED) is 0.596. The highest BCUT2D eigenvalue weighted by Gasteiger charge is 1.89. The molecule has 0 aromatic carbocycles. The number of allylic oxidation sites excluding steroid dienone is 1. The van der Waals surface area contributed by atoms with E-state index in [2.05, 4.69) is 23.8 Å². The Kier molecular flexibility index (Phi) is 6.64. The van der Waals surface area contributed by atoms with Gasteiger partial charge in [0.05, 0.1) is 5.71 Å². The number of hydrogen-bond donors (Lipinski definition) is 1. The van der Waals surface area contributed by atoms with Crippen LogP contribution in [0.25, 0.3) is 0 Å². The monoisotopic (exact) mass is 152 g/mol. The Labute approximate surface area is 68.7 Å². The molecule has 2 nitrogen and oxygen atoms in total. The molecule has 0 amide bonds. The van der Waals surface area contributed by atoms with Crippen molar-refractivity contribution >= 4 is 5.71 Å². The molecule has 11 heavy (non-hydrogen) atoms. The SMILES string of the molecule is C=CN=C(/C=C\C)CNCC. The molecule has 0 aliphatic carbocycles. The molecule has 0 aliphatic heterocycles. The molecule has 0 fully saturated rings. The second kappa shape index (κ2) is 7.22. The first kappa shape index (κ1) is 10.1. The molecule has 0 saturated carbocycles. The lowest BCUT2D eigenvalue weighted by molar-refractivity contribution is 0.818. The molecule has 0 aliphatic rings. The van der Waals surface area contributed by atoms with Gasteiger partial charge in [-0.2, -0.15) is 0 Å². The number of aliphatic imine (C=N–C) groups is 1. The van der Waals surface area contributed by atoms with Crippen molar-refractivity contribution in [3.8, 4) is 0 Å². The van der Waals surface area contributed by atoms with Gasteiger partial charge >= 0.3 is 0 Å². The molecule has 1 N–H and O–H groups in total. The fourth-order valence-electron chi connectivity index (χ4n) is 0.710. The summed E-state index contributed by atoms with van der Waals surface area (Å²) < 4.78 is 0. The third kappa shape index (κ3) is 5.55. The second-order valence-corrected chi connectivity index (χ2v) is 2.08. The Morgan fingerprint density at radius 1 is 1.64 bits per heavy atom. The zero-order chi connectivity index (χ0) is 8.53. The van der Waals surface area contributed by atoms with Crippen LogP contribution in [-0.2, 0) is 0 Å². The molecule has 0 spiro atoms. The van der Waals surface area contributed by atoms with Gasteiger partial charge in [-0.05, 0) is 19.5 Å². The van der Waals surface area contributed by atoms with Crippen molar-refractivity contribution in [1.29, 1.82) is 0 Å². The van der Waals surface area contributed by atoms with Crippen molar-refractivity contribution in [3.05, 3.63) is 24.9 Å². The van der Waals surface area contributed by atoms with Crippen LogP contribution in [0, 0.1) is 0 Å². The third-order valence-electron chi connectivity index (χ3n) is 1.17. The summed E-state index contributed by atoms with van der Waals surface area (Å²) in [7, 11) is 0. The van der Waals surface area contributed by atoms with Crippen molar-refractivity contribution < 1.29 is 0 Å². The topological polar surface area (TPSA) is 24.4 Å². The minimum absolute atomic E-state index is 0.812. The lowest BCUT2D eigenvalue weighted by atomic mass is 10.3. The van der Waals surface area contributed by atoms with Gasteiger partial charge in [-0.1, -0.05) is 19.6 Å². The van der Waals surface area contributed by atoms with Gasteiger partial charge in [0.1, 0.15) is 0 Å². The number of nitrogens with zero attached hydrogens (tertiary/aromatic N) is 1. The normalized spacial score (nSPS) is 12.4. The molecule has 0 radical (unpaired) electrons. The first-order chi connectivity index (χ1) is 5.35. The first-order valence-electron chi connectivity index (χ1n) is 3.86. The lowest BCUT2D eigenvalue weighted by Gasteiger charge is -1.99. The van der Waals surface area contributed by atoms with Crippen molar-refractivity contribution in [1.82, 2.24) is 5.32 Å². The summed E-state index contributed by atoms with van der Waals surface area (Å²) in [5.74, 6) is 0. The molecule has 0 heterocycles. The molecule has 2 heteroatoms. The maximum Gasteiger partial charge on any atom is 0.0538 e. The standard InChI is InChI=1S/C9H16N2/c1-4-7-9(11-6-3)8-10-5-2/h4,6-7,10H,3,5,8H2,1-2H3/b7-4-,11-9?. The van der Waals surface area contributed by atoms with Crippen LogP contribution >= 0.6 is 0 Å². The molecule has 0 atom stereocenters. The van der Waals surface area contributed by atoms with Crippen molar-refractivity contribution in [2.45, 2.75) is 13.8 Å². The van der Waals surface area contributed by atoms with Gasteiger partial charge in [0.15, 0.2) is 0 Å². The van der Waals surface area contributed by atoms with E-state index >= 15 is 0 Å². The summed E-state index contributed by atoms with van der Waals surface area (Å²) in [4.78, 5) is 4.08. The van der Waals surface area contributed by atoms with Crippen LogP contribution in [0.15, 0.2) is 29.9 Å². The average Bonchev–Trinajstić information content (AvgIpc) is 2.01. The molecule has 0 rings (SSSR count). The average molecular weight is 152 g/mol. The van der Waals surface area contributed by atoms with E-state index in [1.54, 1.807) is 6.20 Å². The molecular formula is C9H16N2. The summed E-state index contributed by atoms with van der Waals surface area (Å²) in [5, 5.41) is 3.19. The predicted molar refractivity (Wildman–Crippen MR) is 51.0 cm³/mol. The van der Waals surface area contributed by atoms with Crippen molar-refractivity contribution in [2.24, 2.45) is 4.99 Å². The van der Waals surface area contributed by atoms with Gasteiger partial charge < -0.3 is 5.32 Å². The van der Waals surface area contributed by atoms with Crippen molar-refractivity contribution in [3.63, 3.8) is 0 Å². The van der Waals surface area contributed by atoms with E-state index in [0.29, 0.717) is 0 Å². The Balaban J connectivity index is 3.89. The van der Waals surface area contributed by atoms with Crippen LogP contribution < -0.4 is 5.32 Å². The Hall–Kier alpha value is -0.890. The van der Waals surface area contributed by atoms with E-state index in [1.807, 2.05) is 19.1 Å². The van der Waals surface area contributed by atoms with Gasteiger partial charge in [0, 0.05) is 12.7 Å². The van der Waals surface area contributed by atoms with Crippen molar-refractivity contribution in [2.75, 3.05) is 13.1 Å². The van der Waals surface area contributed by atoms with Crippen LogP contribution in [-0.4, -0.2) is 18.8 Å². The minimum atomic E-state index is 0.812. The Bertz CT molecular complexity index is 157. The maximum absolute atomic E-state index is 4.08. The van der Waals surface area contributed by atoms with Crippen LogP contribution in [0.3, 0.4) is 0 Å². The zero-order valence-electron chi connectivity index (χ0n) is 7.30. The highest BCUT2D eigenvalue weighted by Crippen LogP contribution is 1.82. The summed E-state index contributed by atoms with van der Waals surface area (Å²) in [6, 6.07) is 0. The van der Waals surface area contributed by atoms with Crippen LogP contribution in [0.5, 0.6) is 0 Å². The molecule has 0 saturated heterocycles. The molecular weight excluding hydrogens is 136 g/mol. The zero-order valence-corrected chi connectivity index (χ0v) is 7.30. The summed E-state index contributed by atoms with van der Waals surface area (Å²) >= 11 is 0. The largest absolute Gasteiger partial charge is 0.311 e. The van der Waals surface area contributed by atoms with Gasteiger partial charge in [-0.25, -0.2) is 0 Å². The van der Waals surface area contributed by atoms with E-state index in [1.165, 1.54) is 0 Å². The Morgan fingerprint density at radius 2 is 2.36 bits per heavy atom. The fourth-order valence-corrected chi connectivity index (χ4v) is 0.710. The van der Waals surface area contributed by atoms with Gasteiger partial charge in [0.2, 0.25) is 0 Å². The molecule has 62 valence electrons. The van der Waals surface area contributed by atoms with E-state index in [4.69, 9.17) is 0 Å². The van der Waals surface area contributed by atoms with E-state index < -0.39 is 0 Å². The Morgan fingerprint density at radius 3 is 2.82 bits per heavy atom. The highest BCUT2D eigenvalue weighted by atomic mass is 14.9. The first-order valence-corrected chi connectivity index (χ1v) is 3.86. The van der Waals surface area contributed by atoms with E-state index in [0.717, 1.165) is 18.8 Å². The number of rotatable bonds is 5. The molecule has 0 aromatic rings. The summed E-state index contributed by atoms with van der Waals surface area (Å²) in [6.45, 7) is 9.37. The van der Waals surface area contributed by atoms with Crippen LogP contribution in [0.2, 0.25) is 0 Å². The minimum Gasteiger partial charge on any atom is -0.311 e. The summed E-state index contributed by atoms with van der Waals surface area (Å²) in [5.41, 5.74) is 1.02.